The summed E-state index contributed by atoms with van der Waals surface area (Å²) in [6.07, 6.45) is 6.31. The van der Waals surface area contributed by atoms with Gasteiger partial charge in [0, 0.05) is 18.9 Å². The van der Waals surface area contributed by atoms with Crippen LogP contribution in [-0.4, -0.2) is 9.88 Å². The van der Waals surface area contributed by atoms with E-state index in [0.717, 1.165) is 13.1 Å². The van der Waals surface area contributed by atoms with E-state index in [0.29, 0.717) is 0 Å². The Hall–Kier alpha value is -1.31. The van der Waals surface area contributed by atoms with Crippen molar-refractivity contribution in [2.24, 2.45) is 0 Å². The summed E-state index contributed by atoms with van der Waals surface area (Å²) in [6, 6.07) is 2.18. The summed E-state index contributed by atoms with van der Waals surface area (Å²) in [6.45, 7) is 2.01. The molecule has 0 aliphatic carbocycles. The lowest BCUT2D eigenvalue weighted by atomic mass is 10.1. The summed E-state index contributed by atoms with van der Waals surface area (Å²) in [4.78, 5) is 6.61. The van der Waals surface area contributed by atoms with Crippen LogP contribution in [0, 0.1) is 0 Å². The van der Waals surface area contributed by atoms with E-state index < -0.39 is 0 Å². The highest BCUT2D eigenvalue weighted by Gasteiger charge is 2.16. The molecule has 0 saturated heterocycles. The van der Waals surface area contributed by atoms with Crippen LogP contribution in [0.5, 0.6) is 0 Å². The number of rotatable bonds is 0. The highest BCUT2D eigenvalue weighted by atomic mass is 15.1. The van der Waals surface area contributed by atoms with Crippen molar-refractivity contribution in [3.8, 4) is 0 Å². The molecular formula is C9H8N2. The van der Waals surface area contributed by atoms with Gasteiger partial charge in [-0.15, -0.1) is 0 Å². The monoisotopic (exact) mass is 144 g/mol. The van der Waals surface area contributed by atoms with Crippen molar-refractivity contribution in [2.45, 2.75) is 13.1 Å². The van der Waals surface area contributed by atoms with Gasteiger partial charge in [-0.25, -0.2) is 0 Å². The Labute approximate surface area is 65.2 Å². The van der Waals surface area contributed by atoms with Crippen LogP contribution in [0.1, 0.15) is 16.8 Å². The minimum atomic E-state index is 0.972. The summed E-state index contributed by atoms with van der Waals surface area (Å²) in [5.74, 6) is 0. The van der Waals surface area contributed by atoms with Crippen molar-refractivity contribution < 1.29 is 0 Å². The molecule has 0 unspecified atom stereocenters. The van der Waals surface area contributed by atoms with Gasteiger partial charge in [-0.3, -0.25) is 4.98 Å². The van der Waals surface area contributed by atoms with E-state index in [1.807, 2.05) is 6.20 Å². The molecule has 1 aromatic rings. The van der Waals surface area contributed by atoms with Crippen LogP contribution in [0.3, 0.4) is 0 Å². The van der Waals surface area contributed by atoms with Crippen molar-refractivity contribution in [1.29, 1.82) is 0 Å². The van der Waals surface area contributed by atoms with Gasteiger partial charge in [0.15, 0.2) is 0 Å². The molecule has 0 saturated carbocycles. The Balaban J connectivity index is 2.38. The zero-order valence-electron chi connectivity index (χ0n) is 6.12. The third-order valence-corrected chi connectivity index (χ3v) is 2.28. The molecule has 0 aromatic carbocycles. The maximum absolute atomic E-state index is 4.33. The van der Waals surface area contributed by atoms with E-state index in [2.05, 4.69) is 28.2 Å². The normalized spacial score (nSPS) is 17.6. The number of nitrogens with zero attached hydrogens (tertiary/aromatic N) is 2. The third kappa shape index (κ3) is 0.638. The molecule has 54 valence electrons. The van der Waals surface area contributed by atoms with Crippen molar-refractivity contribution in [3.05, 3.63) is 35.3 Å². The zero-order chi connectivity index (χ0) is 7.26. The van der Waals surface area contributed by atoms with Crippen LogP contribution in [0.25, 0.3) is 6.08 Å². The average molecular weight is 144 g/mol. The maximum atomic E-state index is 4.33. The molecule has 4 aliphatic heterocycles. The second-order valence-electron chi connectivity index (χ2n) is 3.10. The van der Waals surface area contributed by atoms with Gasteiger partial charge in [0.05, 0.1) is 12.2 Å². The van der Waals surface area contributed by atoms with Gasteiger partial charge in [-0.1, -0.05) is 0 Å². The molecule has 0 amide bonds. The first kappa shape index (κ1) is 5.35. The highest BCUT2D eigenvalue weighted by molar-refractivity contribution is 5.56. The highest BCUT2D eigenvalue weighted by Crippen LogP contribution is 2.25. The lowest BCUT2D eigenvalue weighted by Crippen LogP contribution is -2.15. The van der Waals surface area contributed by atoms with Gasteiger partial charge in [0.1, 0.15) is 0 Å². The molecular weight excluding hydrogens is 136 g/mol. The molecule has 0 radical (unpaired) electrons. The number of aromatic nitrogens is 1. The summed E-state index contributed by atoms with van der Waals surface area (Å²) in [5.41, 5.74) is 3.89. The Morgan fingerprint density at radius 3 is 3.36 bits per heavy atom. The molecule has 5 heterocycles. The topological polar surface area (TPSA) is 16.1 Å². The van der Waals surface area contributed by atoms with Crippen molar-refractivity contribution in [2.75, 3.05) is 0 Å². The number of hydrogen-bond donors (Lipinski definition) is 0. The first-order valence-electron chi connectivity index (χ1n) is 3.82. The number of fused-ring (bicyclic) bond motifs is 1. The zero-order valence-corrected chi connectivity index (χ0v) is 6.12. The average Bonchev–Trinajstić information content (AvgIpc) is 2.37. The molecule has 2 heteroatoms. The van der Waals surface area contributed by atoms with Gasteiger partial charge >= 0.3 is 0 Å². The summed E-state index contributed by atoms with van der Waals surface area (Å²) in [5, 5.41) is 0. The van der Waals surface area contributed by atoms with Crippen molar-refractivity contribution in [3.63, 3.8) is 0 Å². The number of pyridine rings is 1. The lowest BCUT2D eigenvalue weighted by molar-refractivity contribution is 0.365. The predicted molar refractivity (Wildman–Crippen MR) is 42.5 cm³/mol. The largest absolute Gasteiger partial charge is 0.367 e. The van der Waals surface area contributed by atoms with Gasteiger partial charge in [0.25, 0.3) is 0 Å². The van der Waals surface area contributed by atoms with Crippen LogP contribution in [0.2, 0.25) is 0 Å². The quantitative estimate of drug-likeness (QED) is 0.547. The Morgan fingerprint density at radius 2 is 2.36 bits per heavy atom. The van der Waals surface area contributed by atoms with Gasteiger partial charge in [-0.05, 0) is 23.3 Å². The SMILES string of the molecule is C1=CN2Cc3cc1c(cn3)C2. The fourth-order valence-electron chi connectivity index (χ4n) is 1.69. The van der Waals surface area contributed by atoms with Crippen LogP contribution in [0.15, 0.2) is 18.5 Å². The van der Waals surface area contributed by atoms with Gasteiger partial charge in [0.2, 0.25) is 0 Å². The van der Waals surface area contributed by atoms with Crippen LogP contribution in [-0.2, 0) is 13.1 Å². The van der Waals surface area contributed by atoms with Crippen LogP contribution < -0.4 is 0 Å². The molecule has 0 atom stereocenters. The van der Waals surface area contributed by atoms with E-state index in [-0.39, 0.29) is 0 Å². The fraction of sp³-hybridized carbons (Fsp3) is 0.222. The molecule has 11 heavy (non-hydrogen) atoms. The van der Waals surface area contributed by atoms with E-state index >= 15 is 0 Å². The molecule has 1 aromatic heterocycles. The molecule has 5 rings (SSSR count). The first-order chi connectivity index (χ1) is 5.42. The van der Waals surface area contributed by atoms with E-state index in [9.17, 15) is 0 Å². The predicted octanol–water partition coefficient (Wildman–Crippen LogP) is 1.38. The summed E-state index contributed by atoms with van der Waals surface area (Å²) >= 11 is 0. The second kappa shape index (κ2) is 1.64. The van der Waals surface area contributed by atoms with Crippen LogP contribution in [0.4, 0.5) is 0 Å². The summed E-state index contributed by atoms with van der Waals surface area (Å²) in [7, 11) is 0. The second-order valence-corrected chi connectivity index (χ2v) is 3.10. The third-order valence-electron chi connectivity index (χ3n) is 2.28. The van der Waals surface area contributed by atoms with Gasteiger partial charge < -0.3 is 4.90 Å². The smallest absolute Gasteiger partial charge is 0.0603 e. The molecule has 0 fully saturated rings. The van der Waals surface area contributed by atoms with E-state index in [4.69, 9.17) is 0 Å². The number of hydrogen-bond acceptors (Lipinski definition) is 2. The molecule has 4 aliphatic rings. The Kier molecular flexibility index (Phi) is 0.799. The van der Waals surface area contributed by atoms with E-state index in [1.165, 1.54) is 16.8 Å². The maximum Gasteiger partial charge on any atom is 0.0603 e. The standard InChI is InChI=1S/C9H8N2/c1-2-11-5-8-4-10-9(6-11)3-7(1)8/h1-4H,5-6H2. The Bertz CT molecular complexity index is 339. The molecule has 0 N–H and O–H groups in total. The molecule has 0 spiro atoms. The molecule has 4 bridgehead atoms. The minimum Gasteiger partial charge on any atom is -0.367 e. The summed E-state index contributed by atoms with van der Waals surface area (Å²) < 4.78 is 0. The van der Waals surface area contributed by atoms with Gasteiger partial charge in [-0.2, -0.15) is 0 Å². The van der Waals surface area contributed by atoms with E-state index in [1.54, 1.807) is 0 Å². The first-order valence-corrected chi connectivity index (χ1v) is 3.82. The Morgan fingerprint density at radius 1 is 1.36 bits per heavy atom. The lowest BCUT2D eigenvalue weighted by Gasteiger charge is -2.18. The van der Waals surface area contributed by atoms with Crippen LogP contribution >= 0.6 is 0 Å². The fourth-order valence-corrected chi connectivity index (χ4v) is 1.69. The molecule has 2 nitrogen and oxygen atoms in total. The van der Waals surface area contributed by atoms with Crippen molar-refractivity contribution in [1.82, 2.24) is 9.88 Å². The minimum absolute atomic E-state index is 0.972. The van der Waals surface area contributed by atoms with Crippen molar-refractivity contribution >= 4 is 6.08 Å².